The molecule has 98 valence electrons. The molecule has 0 bridgehead atoms. The zero-order valence-electron chi connectivity index (χ0n) is 11.5. The number of carbonyl (C=O) groups is 1. The lowest BCUT2D eigenvalue weighted by molar-refractivity contribution is 0.103. The number of Topliss-reactive ketones (excluding diaryl/α,β-unsaturated/α-hetero) is 1. The summed E-state index contributed by atoms with van der Waals surface area (Å²) in [7, 11) is 0. The van der Waals surface area contributed by atoms with Crippen LogP contribution in [0.2, 0.25) is 0 Å². The van der Waals surface area contributed by atoms with Gasteiger partial charge in [-0.2, -0.15) is 0 Å². The van der Waals surface area contributed by atoms with Crippen LogP contribution < -0.4 is 0 Å². The van der Waals surface area contributed by atoms with E-state index in [9.17, 15) is 4.79 Å². The second kappa shape index (κ2) is 5.30. The summed E-state index contributed by atoms with van der Waals surface area (Å²) in [6, 6.07) is 18.0. The Morgan fingerprint density at radius 2 is 1.70 bits per heavy atom. The van der Waals surface area contributed by atoms with Crippen LogP contribution >= 0.6 is 0 Å². The summed E-state index contributed by atoms with van der Waals surface area (Å²) >= 11 is 0. The summed E-state index contributed by atoms with van der Waals surface area (Å²) in [6.07, 6.45) is 4.85. The van der Waals surface area contributed by atoms with E-state index in [1.165, 1.54) is 0 Å². The van der Waals surface area contributed by atoms with E-state index in [1.807, 2.05) is 55.5 Å². The Labute approximate surface area is 119 Å². The van der Waals surface area contributed by atoms with Gasteiger partial charge in [0.05, 0.1) is 0 Å². The van der Waals surface area contributed by atoms with Gasteiger partial charge in [-0.1, -0.05) is 72.3 Å². The zero-order chi connectivity index (χ0) is 13.9. The minimum atomic E-state index is 0.168. The second-order valence-corrected chi connectivity index (χ2v) is 5.13. The lowest BCUT2D eigenvalue weighted by atomic mass is 10.1. The number of fused-ring (bicyclic) bond motifs is 1. The summed E-state index contributed by atoms with van der Waals surface area (Å²) in [5.74, 6) is 0.168. The number of hydrogen-bond donors (Lipinski definition) is 0. The van der Waals surface area contributed by atoms with Gasteiger partial charge in [-0.3, -0.25) is 4.79 Å². The molecule has 0 N–H and O–H groups in total. The molecule has 0 unspecified atom stereocenters. The Kier molecular flexibility index (Phi) is 3.34. The van der Waals surface area contributed by atoms with Crippen molar-refractivity contribution >= 4 is 11.9 Å². The van der Waals surface area contributed by atoms with Crippen LogP contribution in [0.15, 0.2) is 71.8 Å². The van der Waals surface area contributed by atoms with E-state index in [-0.39, 0.29) is 5.78 Å². The van der Waals surface area contributed by atoms with E-state index in [0.717, 1.165) is 34.3 Å². The molecule has 0 saturated heterocycles. The molecule has 0 saturated carbocycles. The minimum Gasteiger partial charge on any atom is -0.289 e. The summed E-state index contributed by atoms with van der Waals surface area (Å²) in [6.45, 7) is 2.04. The third kappa shape index (κ3) is 2.48. The molecule has 1 nitrogen and oxygen atoms in total. The van der Waals surface area contributed by atoms with Gasteiger partial charge in [-0.25, -0.2) is 0 Å². The van der Waals surface area contributed by atoms with Gasteiger partial charge in [0.1, 0.15) is 0 Å². The fraction of sp³-hybridized carbons (Fsp3) is 0.105. The van der Waals surface area contributed by atoms with Crippen LogP contribution in [-0.2, 0) is 6.42 Å². The van der Waals surface area contributed by atoms with E-state index in [1.54, 1.807) is 0 Å². The molecule has 20 heavy (non-hydrogen) atoms. The van der Waals surface area contributed by atoms with E-state index < -0.39 is 0 Å². The smallest absolute Gasteiger partial charge is 0.189 e. The molecular weight excluding hydrogens is 244 g/mol. The molecule has 0 atom stereocenters. The molecule has 1 heteroatoms. The maximum absolute atomic E-state index is 12.3. The van der Waals surface area contributed by atoms with Gasteiger partial charge in [-0.05, 0) is 18.1 Å². The summed E-state index contributed by atoms with van der Waals surface area (Å²) in [5, 5.41) is 0. The Hall–Kier alpha value is -2.41. The zero-order valence-corrected chi connectivity index (χ0v) is 11.5. The van der Waals surface area contributed by atoms with Gasteiger partial charge in [0.25, 0.3) is 0 Å². The SMILES string of the molecule is CC(=C\c1ccccc1)/C=C1\Cc2ccccc2C1=O. The van der Waals surface area contributed by atoms with E-state index >= 15 is 0 Å². The molecule has 0 aliphatic heterocycles. The number of benzene rings is 2. The van der Waals surface area contributed by atoms with Gasteiger partial charge in [-0.15, -0.1) is 0 Å². The third-order valence-corrected chi connectivity index (χ3v) is 3.53. The largest absolute Gasteiger partial charge is 0.289 e. The van der Waals surface area contributed by atoms with Crippen molar-refractivity contribution < 1.29 is 4.79 Å². The molecular formula is C19H16O. The first-order valence-electron chi connectivity index (χ1n) is 6.80. The summed E-state index contributed by atoms with van der Waals surface area (Å²) < 4.78 is 0. The second-order valence-electron chi connectivity index (χ2n) is 5.13. The van der Waals surface area contributed by atoms with Gasteiger partial charge in [0.2, 0.25) is 0 Å². The molecule has 3 rings (SSSR count). The Morgan fingerprint density at radius 3 is 2.45 bits per heavy atom. The van der Waals surface area contributed by atoms with Crippen LogP contribution in [0.4, 0.5) is 0 Å². The molecule has 0 aromatic heterocycles. The number of ketones is 1. The van der Waals surface area contributed by atoms with Crippen molar-refractivity contribution in [2.75, 3.05) is 0 Å². The monoisotopic (exact) mass is 260 g/mol. The van der Waals surface area contributed by atoms with Crippen molar-refractivity contribution in [3.63, 3.8) is 0 Å². The van der Waals surface area contributed by atoms with Crippen molar-refractivity contribution in [3.8, 4) is 0 Å². The number of hydrogen-bond acceptors (Lipinski definition) is 1. The van der Waals surface area contributed by atoms with Crippen molar-refractivity contribution in [2.24, 2.45) is 0 Å². The van der Waals surface area contributed by atoms with E-state index in [2.05, 4.69) is 18.2 Å². The van der Waals surface area contributed by atoms with Crippen molar-refractivity contribution in [3.05, 3.63) is 88.5 Å². The summed E-state index contributed by atoms with van der Waals surface area (Å²) in [5.41, 5.74) is 5.13. The normalized spacial score (nSPS) is 16.6. The van der Waals surface area contributed by atoms with Crippen LogP contribution in [0.3, 0.4) is 0 Å². The molecule has 0 heterocycles. The average molecular weight is 260 g/mol. The molecule has 2 aromatic carbocycles. The standard InChI is InChI=1S/C19H16O/c1-14(11-15-7-3-2-4-8-15)12-17-13-16-9-5-6-10-18(16)19(17)20/h2-12H,13H2,1H3/b14-11+,17-12+. The first-order chi connectivity index (χ1) is 9.74. The lowest BCUT2D eigenvalue weighted by Gasteiger charge is -1.98. The molecule has 1 aliphatic carbocycles. The van der Waals surface area contributed by atoms with E-state index in [4.69, 9.17) is 0 Å². The molecule has 1 aliphatic rings. The summed E-state index contributed by atoms with van der Waals surface area (Å²) in [4.78, 5) is 12.3. The Bertz CT molecular complexity index is 706. The Morgan fingerprint density at radius 1 is 1.00 bits per heavy atom. The van der Waals surface area contributed by atoms with Gasteiger partial charge in [0, 0.05) is 17.6 Å². The fourth-order valence-corrected chi connectivity index (χ4v) is 2.60. The molecule has 2 aromatic rings. The van der Waals surface area contributed by atoms with Crippen LogP contribution in [-0.4, -0.2) is 5.78 Å². The first kappa shape index (κ1) is 12.6. The maximum Gasteiger partial charge on any atom is 0.189 e. The predicted octanol–water partition coefficient (Wildman–Crippen LogP) is 4.46. The average Bonchev–Trinajstić information content (AvgIpc) is 2.77. The quantitative estimate of drug-likeness (QED) is 0.729. The predicted molar refractivity (Wildman–Crippen MR) is 82.7 cm³/mol. The van der Waals surface area contributed by atoms with Crippen molar-refractivity contribution in [1.82, 2.24) is 0 Å². The maximum atomic E-state index is 12.3. The van der Waals surface area contributed by atoms with Crippen LogP contribution in [0.25, 0.3) is 6.08 Å². The van der Waals surface area contributed by atoms with Crippen molar-refractivity contribution in [1.29, 1.82) is 0 Å². The highest BCUT2D eigenvalue weighted by molar-refractivity contribution is 6.13. The van der Waals surface area contributed by atoms with Crippen LogP contribution in [0, 0.1) is 0 Å². The lowest BCUT2D eigenvalue weighted by Crippen LogP contribution is -1.95. The molecule has 0 radical (unpaired) electrons. The minimum absolute atomic E-state index is 0.168. The number of carbonyl (C=O) groups excluding carboxylic acids is 1. The number of allylic oxidation sites excluding steroid dienone is 3. The van der Waals surface area contributed by atoms with Crippen molar-refractivity contribution in [2.45, 2.75) is 13.3 Å². The van der Waals surface area contributed by atoms with Gasteiger partial charge in [0.15, 0.2) is 5.78 Å². The highest BCUT2D eigenvalue weighted by Gasteiger charge is 2.23. The molecule has 0 spiro atoms. The highest BCUT2D eigenvalue weighted by atomic mass is 16.1. The van der Waals surface area contributed by atoms with Crippen LogP contribution in [0.5, 0.6) is 0 Å². The fourth-order valence-electron chi connectivity index (χ4n) is 2.60. The highest BCUT2D eigenvalue weighted by Crippen LogP contribution is 2.27. The third-order valence-electron chi connectivity index (χ3n) is 3.53. The van der Waals surface area contributed by atoms with Gasteiger partial charge >= 0.3 is 0 Å². The number of rotatable bonds is 2. The topological polar surface area (TPSA) is 17.1 Å². The van der Waals surface area contributed by atoms with Crippen LogP contribution in [0.1, 0.15) is 28.4 Å². The Balaban J connectivity index is 1.88. The molecule has 0 amide bonds. The van der Waals surface area contributed by atoms with E-state index in [0.29, 0.717) is 0 Å². The molecule has 0 fully saturated rings. The first-order valence-corrected chi connectivity index (χ1v) is 6.80. The van der Waals surface area contributed by atoms with Gasteiger partial charge < -0.3 is 0 Å².